The summed E-state index contributed by atoms with van der Waals surface area (Å²) in [5.74, 6) is 2.22. The van der Waals surface area contributed by atoms with Gasteiger partial charge in [0, 0.05) is 61.5 Å². The molecule has 38 heavy (non-hydrogen) atoms. The summed E-state index contributed by atoms with van der Waals surface area (Å²) in [6, 6.07) is 10.3. The summed E-state index contributed by atoms with van der Waals surface area (Å²) in [4.78, 5) is 15.9. The fourth-order valence-corrected chi connectivity index (χ4v) is 6.24. The van der Waals surface area contributed by atoms with Crippen LogP contribution in [0, 0.1) is 17.2 Å². The van der Waals surface area contributed by atoms with E-state index in [1.807, 2.05) is 12.3 Å². The number of benzene rings is 1. The van der Waals surface area contributed by atoms with Gasteiger partial charge in [-0.25, -0.2) is 23.4 Å². The normalized spacial score (nSPS) is 17.4. The number of nitriles is 1. The van der Waals surface area contributed by atoms with Gasteiger partial charge in [-0.3, -0.25) is 4.68 Å². The van der Waals surface area contributed by atoms with E-state index in [1.165, 1.54) is 11.8 Å². The molecule has 10 nitrogen and oxygen atoms in total. The van der Waals surface area contributed by atoms with Crippen molar-refractivity contribution in [3.8, 4) is 17.5 Å². The fraction of sp³-hybridized carbons (Fsp3) is 0.370. The van der Waals surface area contributed by atoms with Crippen LogP contribution >= 0.6 is 0 Å². The third-order valence-electron chi connectivity index (χ3n) is 7.05. The van der Waals surface area contributed by atoms with Crippen LogP contribution in [0.25, 0.3) is 22.2 Å². The minimum atomic E-state index is -3.02. The van der Waals surface area contributed by atoms with Crippen molar-refractivity contribution >= 4 is 37.9 Å². The molecule has 0 aliphatic carbocycles. The van der Waals surface area contributed by atoms with Crippen molar-refractivity contribution in [3.63, 3.8) is 0 Å². The van der Waals surface area contributed by atoms with Crippen LogP contribution in [0.2, 0.25) is 0 Å². The third kappa shape index (κ3) is 4.91. The van der Waals surface area contributed by atoms with Crippen molar-refractivity contribution in [1.29, 1.82) is 5.26 Å². The number of rotatable bonds is 7. The van der Waals surface area contributed by atoms with Crippen molar-refractivity contribution in [3.05, 3.63) is 54.1 Å². The maximum absolute atomic E-state index is 11.8. The fourth-order valence-electron chi connectivity index (χ4n) is 5.08. The monoisotopic (exact) mass is 530 g/mol. The number of fused-ring (bicyclic) bond motifs is 1. The molecule has 1 fully saturated rings. The molecule has 2 atom stereocenters. The largest absolute Gasteiger partial charge is 0.368 e. The summed E-state index contributed by atoms with van der Waals surface area (Å²) < 4.78 is 25.2. The summed E-state index contributed by atoms with van der Waals surface area (Å²) in [6.45, 7) is 7.10. The molecule has 196 valence electrons. The molecule has 0 spiro atoms. The van der Waals surface area contributed by atoms with Gasteiger partial charge in [0.2, 0.25) is 0 Å². The summed E-state index contributed by atoms with van der Waals surface area (Å²) >= 11 is 0. The number of aryl methyl sites for hydroxylation is 1. The molecule has 11 heteroatoms. The van der Waals surface area contributed by atoms with Gasteiger partial charge in [-0.1, -0.05) is 19.9 Å². The van der Waals surface area contributed by atoms with Crippen LogP contribution in [-0.2, 0) is 16.9 Å². The highest BCUT2D eigenvalue weighted by Crippen LogP contribution is 2.39. The number of hydrogen-bond donors (Lipinski definition) is 1. The zero-order chi connectivity index (χ0) is 27.2. The van der Waals surface area contributed by atoms with E-state index < -0.39 is 9.84 Å². The van der Waals surface area contributed by atoms with Crippen LogP contribution in [-0.4, -0.2) is 57.7 Å². The van der Waals surface area contributed by atoms with E-state index in [0.717, 1.165) is 16.5 Å². The molecule has 0 bridgehead atoms. The molecular formula is C27H30N8O2S. The summed E-state index contributed by atoms with van der Waals surface area (Å²) in [7, 11) is -1.27. The molecule has 0 saturated carbocycles. The second-order valence-corrected chi connectivity index (χ2v) is 12.4. The first-order valence-corrected chi connectivity index (χ1v) is 14.5. The molecule has 0 unspecified atom stereocenters. The second-order valence-electron chi connectivity index (χ2n) is 10.3. The van der Waals surface area contributed by atoms with Crippen LogP contribution < -0.4 is 10.2 Å². The topological polar surface area (TPSA) is 130 Å². The lowest BCUT2D eigenvalue weighted by Crippen LogP contribution is -2.57. The van der Waals surface area contributed by atoms with Crippen molar-refractivity contribution in [2.24, 2.45) is 13.0 Å². The number of sulfone groups is 1. The highest BCUT2D eigenvalue weighted by Gasteiger charge is 2.38. The molecule has 3 aromatic heterocycles. The van der Waals surface area contributed by atoms with Crippen LogP contribution in [0.15, 0.2) is 42.9 Å². The SMILES string of the molecule is CC(C)c1ccc(N2C[C@H](CS(C)(=O)=O)[C@H]2C)c2cnc(Nc3ccnc(-c4cn(C)nc4C#N)n3)cc12. The summed E-state index contributed by atoms with van der Waals surface area (Å²) in [5.41, 5.74) is 3.09. The summed E-state index contributed by atoms with van der Waals surface area (Å²) in [5, 5.41) is 18.9. The Kier molecular flexibility index (Phi) is 6.53. The zero-order valence-electron chi connectivity index (χ0n) is 22.0. The number of pyridine rings is 1. The Morgan fingerprint density at radius 2 is 1.97 bits per heavy atom. The first kappa shape index (κ1) is 25.6. The maximum Gasteiger partial charge on any atom is 0.173 e. The van der Waals surface area contributed by atoms with Gasteiger partial charge in [0.15, 0.2) is 11.5 Å². The van der Waals surface area contributed by atoms with Gasteiger partial charge in [-0.15, -0.1) is 0 Å². The van der Waals surface area contributed by atoms with E-state index in [9.17, 15) is 13.7 Å². The van der Waals surface area contributed by atoms with Gasteiger partial charge in [-0.2, -0.15) is 10.4 Å². The van der Waals surface area contributed by atoms with Gasteiger partial charge in [-0.05, 0) is 42.0 Å². The molecule has 1 N–H and O–H groups in total. The van der Waals surface area contributed by atoms with Gasteiger partial charge >= 0.3 is 0 Å². The maximum atomic E-state index is 11.8. The number of nitrogens with one attached hydrogen (secondary N) is 1. The molecule has 4 heterocycles. The molecule has 1 aromatic carbocycles. The molecule has 4 aromatic rings. The Labute approximate surface area is 222 Å². The predicted octanol–water partition coefficient (Wildman–Crippen LogP) is 4.03. The predicted molar refractivity (Wildman–Crippen MR) is 148 cm³/mol. The first-order chi connectivity index (χ1) is 18.0. The highest BCUT2D eigenvalue weighted by atomic mass is 32.2. The van der Waals surface area contributed by atoms with Crippen molar-refractivity contribution in [2.45, 2.75) is 32.7 Å². The molecule has 0 radical (unpaired) electrons. The number of nitrogens with zero attached hydrogens (tertiary/aromatic N) is 7. The number of anilines is 3. The van der Waals surface area contributed by atoms with E-state index >= 15 is 0 Å². The number of aromatic nitrogens is 5. The lowest BCUT2D eigenvalue weighted by Gasteiger charge is -2.48. The van der Waals surface area contributed by atoms with Gasteiger partial charge in [0.05, 0.1) is 11.3 Å². The van der Waals surface area contributed by atoms with Gasteiger partial charge in [0.25, 0.3) is 0 Å². The van der Waals surface area contributed by atoms with E-state index in [2.05, 4.69) is 69.2 Å². The Morgan fingerprint density at radius 1 is 1.18 bits per heavy atom. The Balaban J connectivity index is 1.47. The lowest BCUT2D eigenvalue weighted by atomic mass is 9.88. The highest BCUT2D eigenvalue weighted by molar-refractivity contribution is 7.90. The van der Waals surface area contributed by atoms with Crippen LogP contribution in [0.4, 0.5) is 17.3 Å². The summed E-state index contributed by atoms with van der Waals surface area (Å²) in [6.07, 6.45) is 6.52. The average Bonchev–Trinajstić information content (AvgIpc) is 3.26. The van der Waals surface area contributed by atoms with Crippen LogP contribution in [0.5, 0.6) is 0 Å². The quantitative estimate of drug-likeness (QED) is 0.376. The standard InChI is InChI=1S/C27H30N8O2S/c1-16(2)19-6-7-24(35-13-18(17(35)3)15-38(5,36)37)21-12-30-26(10-20(19)21)31-25-8-9-29-27(32-25)22-14-34(4)33-23(22)11-28/h6-10,12,14,16-18H,13,15H2,1-5H3,(H,29,30,31,32)/t17-,18-/m1/s1. The minimum absolute atomic E-state index is 0.118. The number of hydrogen-bond acceptors (Lipinski definition) is 9. The second kappa shape index (κ2) is 9.68. The van der Waals surface area contributed by atoms with E-state index in [0.29, 0.717) is 35.5 Å². The lowest BCUT2D eigenvalue weighted by molar-refractivity contribution is 0.342. The molecule has 1 aliphatic rings. The van der Waals surface area contributed by atoms with Gasteiger partial charge in [0.1, 0.15) is 27.5 Å². The van der Waals surface area contributed by atoms with E-state index in [-0.39, 0.29) is 23.4 Å². The smallest absolute Gasteiger partial charge is 0.173 e. The Morgan fingerprint density at radius 3 is 2.66 bits per heavy atom. The van der Waals surface area contributed by atoms with E-state index in [1.54, 1.807) is 30.2 Å². The molecular weight excluding hydrogens is 500 g/mol. The molecule has 1 aliphatic heterocycles. The zero-order valence-corrected chi connectivity index (χ0v) is 22.9. The first-order valence-electron chi connectivity index (χ1n) is 12.4. The van der Waals surface area contributed by atoms with Crippen molar-refractivity contribution in [1.82, 2.24) is 24.7 Å². The third-order valence-corrected chi connectivity index (χ3v) is 8.09. The molecule has 1 saturated heterocycles. The van der Waals surface area contributed by atoms with Crippen LogP contribution in [0.3, 0.4) is 0 Å². The van der Waals surface area contributed by atoms with E-state index in [4.69, 9.17) is 0 Å². The van der Waals surface area contributed by atoms with Crippen molar-refractivity contribution < 1.29 is 8.42 Å². The Bertz CT molecular complexity index is 1670. The minimum Gasteiger partial charge on any atom is -0.368 e. The van der Waals surface area contributed by atoms with Crippen molar-refractivity contribution in [2.75, 3.05) is 28.8 Å². The molecule has 0 amide bonds. The Hall–Kier alpha value is -4.04. The molecule has 5 rings (SSSR count). The van der Waals surface area contributed by atoms with Crippen LogP contribution in [0.1, 0.15) is 37.9 Å². The average molecular weight is 531 g/mol. The van der Waals surface area contributed by atoms with Gasteiger partial charge < -0.3 is 10.2 Å².